The van der Waals surface area contributed by atoms with E-state index in [0.29, 0.717) is 55.8 Å². The van der Waals surface area contributed by atoms with Crippen LogP contribution in [0.5, 0.6) is 0 Å². The number of hydrogen-bond acceptors (Lipinski definition) is 7. The van der Waals surface area contributed by atoms with E-state index in [1.165, 1.54) is 7.11 Å². The van der Waals surface area contributed by atoms with Gasteiger partial charge < -0.3 is 33.4 Å². The predicted octanol–water partition coefficient (Wildman–Crippen LogP) is 4.82. The minimum atomic E-state index is -3.50. The van der Waals surface area contributed by atoms with Gasteiger partial charge in [-0.3, -0.25) is 19.2 Å². The molecule has 0 unspecified atom stereocenters. The number of ether oxygens (including phenoxy) is 2. The van der Waals surface area contributed by atoms with Gasteiger partial charge in [-0.2, -0.15) is 0 Å². The van der Waals surface area contributed by atoms with Gasteiger partial charge in [-0.25, -0.2) is 0 Å². The third kappa shape index (κ3) is 6.49. The second-order valence-corrected chi connectivity index (χ2v) is 17.7. The Morgan fingerprint density at radius 2 is 1.87 bits per heavy atom. The largest absolute Gasteiger partial charge is 0.469 e. The normalized spacial score (nSPS) is 28.5. The van der Waals surface area contributed by atoms with E-state index in [2.05, 4.69) is 0 Å². The first-order valence-electron chi connectivity index (χ1n) is 17.0. The van der Waals surface area contributed by atoms with E-state index in [4.69, 9.17) is 9.47 Å². The summed E-state index contributed by atoms with van der Waals surface area (Å²) in [5.41, 5.74) is -0.209. The maximum Gasteiger partial charge on any atom is 0.305 e. The van der Waals surface area contributed by atoms with Crippen molar-refractivity contribution in [1.82, 2.24) is 4.90 Å². The van der Waals surface area contributed by atoms with E-state index in [0.717, 1.165) is 38.5 Å². The van der Waals surface area contributed by atoms with Gasteiger partial charge in [0.2, 0.25) is 20.2 Å². The van der Waals surface area contributed by atoms with Crippen LogP contribution in [0.3, 0.4) is 0 Å². The monoisotopic (exact) mass is 659 g/mol. The Bertz CT molecular complexity index is 1320. The molecule has 4 aliphatic rings. The van der Waals surface area contributed by atoms with Gasteiger partial charge in [0.15, 0.2) is 5.60 Å². The fourth-order valence-electron chi connectivity index (χ4n) is 8.34. The van der Waals surface area contributed by atoms with Crippen molar-refractivity contribution >= 4 is 43.5 Å². The van der Waals surface area contributed by atoms with Gasteiger partial charge in [0, 0.05) is 55.2 Å². The maximum atomic E-state index is 16.3. The number of esters is 1. The highest BCUT2D eigenvalue weighted by atomic mass is 28.4. The Kier molecular flexibility index (Phi) is 10.6. The van der Waals surface area contributed by atoms with Gasteiger partial charge in [-0.15, -0.1) is 0 Å². The lowest BCUT2D eigenvalue weighted by Crippen LogP contribution is -2.45. The van der Waals surface area contributed by atoms with E-state index in [1.807, 2.05) is 25.1 Å². The molecular weight excluding hydrogens is 609 g/mol. The quantitative estimate of drug-likeness (QED) is 0.166. The summed E-state index contributed by atoms with van der Waals surface area (Å²) >= 11 is 0. The van der Waals surface area contributed by atoms with Crippen LogP contribution in [0.4, 0.5) is 15.5 Å². The number of anilines is 2. The molecule has 10 nitrogen and oxygen atoms in total. The van der Waals surface area contributed by atoms with Crippen molar-refractivity contribution < 1.29 is 37.9 Å². The molecule has 0 aromatic heterocycles. The third-order valence-corrected chi connectivity index (χ3v) is 13.1. The zero-order valence-corrected chi connectivity index (χ0v) is 28.8. The lowest BCUT2D eigenvalue weighted by molar-refractivity contribution is -0.150. The van der Waals surface area contributed by atoms with E-state index < -0.39 is 31.6 Å². The van der Waals surface area contributed by atoms with Crippen molar-refractivity contribution in [3.63, 3.8) is 0 Å². The number of fused-ring (bicyclic) bond motifs is 2. The Balaban J connectivity index is 1.53. The first-order chi connectivity index (χ1) is 21.9. The van der Waals surface area contributed by atoms with Gasteiger partial charge in [0.25, 0.3) is 5.91 Å². The Hall–Kier alpha value is -2.83. The first kappa shape index (κ1) is 34.5. The summed E-state index contributed by atoms with van der Waals surface area (Å²) in [5.74, 6) is -1.34. The van der Waals surface area contributed by atoms with Crippen molar-refractivity contribution in [3.05, 3.63) is 23.8 Å². The summed E-state index contributed by atoms with van der Waals surface area (Å²) in [4.78, 5) is 58.4. The maximum absolute atomic E-state index is 16.3. The summed E-state index contributed by atoms with van der Waals surface area (Å²) in [7, 11) is -2.15. The van der Waals surface area contributed by atoms with Crippen LogP contribution in [0.25, 0.3) is 0 Å². The highest BCUT2D eigenvalue weighted by molar-refractivity contribution is 6.72. The molecule has 1 aromatic carbocycles. The molecular formula is C34H50FN3O7Si. The molecule has 3 fully saturated rings. The number of carbonyl (C=O) groups excluding carboxylic acids is 4. The van der Waals surface area contributed by atoms with E-state index in [-0.39, 0.29) is 49.2 Å². The minimum Gasteiger partial charge on any atom is -0.469 e. The van der Waals surface area contributed by atoms with Gasteiger partial charge in [0.05, 0.1) is 38.0 Å². The number of amides is 3. The fourth-order valence-corrected chi connectivity index (χ4v) is 10.8. The molecule has 254 valence electrons. The molecule has 0 saturated carbocycles. The van der Waals surface area contributed by atoms with Crippen LogP contribution < -0.4 is 9.80 Å². The van der Waals surface area contributed by atoms with Crippen LogP contribution in [0, 0.1) is 5.92 Å². The van der Waals surface area contributed by atoms with E-state index in [1.54, 1.807) is 27.8 Å². The number of likely N-dealkylation sites (tertiary alicyclic amines) is 1. The van der Waals surface area contributed by atoms with Gasteiger partial charge >= 0.3 is 5.97 Å². The number of aliphatic hydroxyl groups is 1. The number of halogens is 1. The summed E-state index contributed by atoms with van der Waals surface area (Å²) in [6.07, 6.45) is 6.17. The lowest BCUT2D eigenvalue weighted by Gasteiger charge is -2.32. The van der Waals surface area contributed by atoms with Gasteiger partial charge in [-0.05, 0) is 69.8 Å². The van der Waals surface area contributed by atoms with Crippen molar-refractivity contribution in [3.8, 4) is 0 Å². The van der Waals surface area contributed by atoms with Gasteiger partial charge in [-0.1, -0.05) is 19.8 Å². The Morgan fingerprint density at radius 3 is 2.59 bits per heavy atom. The Morgan fingerprint density at radius 1 is 1.11 bits per heavy atom. The molecule has 1 spiro atoms. The first-order valence-corrected chi connectivity index (χ1v) is 20.0. The highest BCUT2D eigenvalue weighted by Gasteiger charge is 2.67. The molecule has 0 aliphatic carbocycles. The average molecular weight is 660 g/mol. The van der Waals surface area contributed by atoms with Gasteiger partial charge in [0.1, 0.15) is 0 Å². The van der Waals surface area contributed by atoms with E-state index in [9.17, 15) is 24.3 Å². The molecule has 5 rings (SSSR count). The number of nitrogens with zero attached hydrogens (tertiary/aromatic N) is 3. The molecule has 3 amide bonds. The van der Waals surface area contributed by atoms with Crippen molar-refractivity contribution in [1.29, 1.82) is 0 Å². The van der Waals surface area contributed by atoms with Crippen LogP contribution >= 0.6 is 0 Å². The van der Waals surface area contributed by atoms with Crippen molar-refractivity contribution in [2.45, 2.75) is 114 Å². The van der Waals surface area contributed by atoms with Crippen LogP contribution in [0.1, 0.15) is 83.1 Å². The summed E-state index contributed by atoms with van der Waals surface area (Å²) in [6.45, 7) is 6.41. The molecule has 1 N–H and O–H groups in total. The number of unbranched alkanes of at least 4 members (excludes halogenated alkanes) is 1. The SMILES string of the molecule is COC(=O)CCCCN1C(=O)[C@@]2(O[C@@H](CC(=O)N3CCC[C@H]3CO)[C@H]([Si](C)(C)F)[C@H]2C)c2cc(N3CCCCCCC3=O)ccc21. The Labute approximate surface area is 272 Å². The minimum absolute atomic E-state index is 0.0424. The fraction of sp³-hybridized carbons (Fsp3) is 0.706. The zero-order valence-electron chi connectivity index (χ0n) is 27.8. The van der Waals surface area contributed by atoms with Crippen LogP contribution in [-0.2, 0) is 34.3 Å². The second kappa shape index (κ2) is 14.1. The van der Waals surface area contributed by atoms with Crippen molar-refractivity contribution in [2.75, 3.05) is 43.2 Å². The standard InChI is InChI=1S/C34H50FN3O7Si/c1-23-32(46(3,4)35)28(21-30(41)37-19-11-12-25(37)22-39)45-34(23)26-20-24(36-17-9-6-5-7-13-29(36)40)15-16-27(26)38(33(34)43)18-10-8-14-31(42)44-2/h15-16,20,23,25,28,32,39H,5-14,17-19,21-22H2,1-4H3/t23-,25+,28+,32-,34+/m1/s1. The third-order valence-electron chi connectivity index (χ3n) is 10.6. The zero-order chi connectivity index (χ0) is 33.2. The number of benzene rings is 1. The molecule has 5 atom stereocenters. The highest BCUT2D eigenvalue weighted by Crippen LogP contribution is 2.60. The number of carbonyl (C=O) groups is 4. The topological polar surface area (TPSA) is 117 Å². The second-order valence-electron chi connectivity index (χ2n) is 13.9. The molecule has 46 heavy (non-hydrogen) atoms. The molecule has 12 heteroatoms. The van der Waals surface area contributed by atoms with Crippen LogP contribution in [-0.4, -0.2) is 87.6 Å². The summed E-state index contributed by atoms with van der Waals surface area (Å²) in [5, 5.41) is 9.85. The number of hydrogen-bond donors (Lipinski definition) is 1. The van der Waals surface area contributed by atoms with Crippen LogP contribution in [0.2, 0.25) is 18.6 Å². The molecule has 4 aliphatic heterocycles. The molecule has 1 aromatic rings. The van der Waals surface area contributed by atoms with E-state index >= 15 is 4.11 Å². The number of rotatable bonds is 10. The number of methoxy groups -OCH3 is 1. The van der Waals surface area contributed by atoms with Crippen LogP contribution in [0.15, 0.2) is 18.2 Å². The number of aliphatic hydroxyl groups excluding tert-OH is 1. The van der Waals surface area contributed by atoms with Crippen molar-refractivity contribution in [2.24, 2.45) is 5.92 Å². The molecule has 4 heterocycles. The molecule has 3 saturated heterocycles. The lowest BCUT2D eigenvalue weighted by atomic mass is 9.82. The smallest absolute Gasteiger partial charge is 0.305 e. The molecule has 0 radical (unpaired) electrons. The predicted molar refractivity (Wildman–Crippen MR) is 175 cm³/mol. The molecule has 0 bridgehead atoms. The summed E-state index contributed by atoms with van der Waals surface area (Å²) in [6, 6.07) is 5.36. The summed E-state index contributed by atoms with van der Waals surface area (Å²) < 4.78 is 27.9. The average Bonchev–Trinajstić information content (AvgIpc) is 3.67.